The molecule has 0 aliphatic rings. The number of hydrogen-bond acceptors (Lipinski definition) is 5. The van der Waals surface area contributed by atoms with E-state index in [0.717, 1.165) is 16.7 Å². The third-order valence-electron chi connectivity index (χ3n) is 6.82. The first-order chi connectivity index (χ1) is 21.9. The standard InChI is InChI=1S/C11H12Cl2O.C11H14ClNO.C11H13ClO2.C2Cl2O2/c3*1-11(2,7-10(13)14)8-3-5-9(12)6-4-8;3-1(5)2(4)6/h3-6H,7H2,1-2H3;3-6H,7H2,1-2H3,(H2,13,14);3-6H,7H2,1-2H3,(H,13,14);. The second-order valence-corrected chi connectivity index (χ2v) is 14.9. The highest BCUT2D eigenvalue weighted by molar-refractivity contribution is 6.97. The Bertz CT molecular complexity index is 1340. The van der Waals surface area contributed by atoms with Crippen LogP contribution in [0, 0.1) is 0 Å². The van der Waals surface area contributed by atoms with Crippen LogP contribution in [-0.2, 0) is 40.2 Å². The topological polar surface area (TPSA) is 132 Å². The minimum atomic E-state index is -1.14. The molecular weight excluding hydrogens is 743 g/mol. The van der Waals surface area contributed by atoms with E-state index in [0.29, 0.717) is 27.9 Å². The van der Waals surface area contributed by atoms with Gasteiger partial charge in [-0.1, -0.05) is 113 Å². The molecule has 13 heteroatoms. The minimum absolute atomic E-state index is 0.120. The zero-order valence-electron chi connectivity index (χ0n) is 27.4. The number of carboxylic acid groups (broad SMARTS) is 1. The molecule has 0 unspecified atom stereocenters. The maximum absolute atomic E-state index is 10.9. The minimum Gasteiger partial charge on any atom is -0.481 e. The summed E-state index contributed by atoms with van der Waals surface area (Å²) in [6, 6.07) is 22.2. The van der Waals surface area contributed by atoms with Gasteiger partial charge in [-0.05, 0) is 98.7 Å². The molecule has 48 heavy (non-hydrogen) atoms. The molecule has 0 fully saturated rings. The lowest BCUT2D eigenvalue weighted by molar-refractivity contribution is -0.138. The van der Waals surface area contributed by atoms with Gasteiger partial charge in [0.05, 0.1) is 6.42 Å². The number of hydrogen-bond donors (Lipinski definition) is 2. The Balaban J connectivity index is 0.000000637. The summed E-state index contributed by atoms with van der Waals surface area (Å²) < 4.78 is 0. The molecule has 262 valence electrons. The van der Waals surface area contributed by atoms with Crippen LogP contribution in [0.3, 0.4) is 0 Å². The zero-order valence-corrected chi connectivity index (χ0v) is 31.9. The second-order valence-electron chi connectivity index (χ2n) is 12.5. The van der Waals surface area contributed by atoms with Crippen LogP contribution in [-0.4, -0.2) is 32.7 Å². The number of carbonyl (C=O) groups excluding carboxylic acids is 4. The fourth-order valence-corrected chi connectivity index (χ4v) is 4.88. The van der Waals surface area contributed by atoms with Gasteiger partial charge < -0.3 is 10.8 Å². The predicted molar refractivity (Wildman–Crippen MR) is 197 cm³/mol. The lowest BCUT2D eigenvalue weighted by Gasteiger charge is -2.23. The summed E-state index contributed by atoms with van der Waals surface area (Å²) in [5.41, 5.74) is 7.50. The van der Waals surface area contributed by atoms with Crippen LogP contribution in [0.15, 0.2) is 72.8 Å². The lowest BCUT2D eigenvalue weighted by atomic mass is 9.81. The van der Waals surface area contributed by atoms with Crippen LogP contribution >= 0.6 is 69.6 Å². The van der Waals surface area contributed by atoms with Gasteiger partial charge >= 0.3 is 16.5 Å². The molecule has 0 spiro atoms. The molecule has 1 amide bonds. The van der Waals surface area contributed by atoms with Crippen LogP contribution < -0.4 is 5.73 Å². The number of halogens is 6. The van der Waals surface area contributed by atoms with Gasteiger partial charge in [0.15, 0.2) is 0 Å². The molecule has 0 aromatic heterocycles. The van der Waals surface area contributed by atoms with Gasteiger partial charge in [0.1, 0.15) is 0 Å². The summed E-state index contributed by atoms with van der Waals surface area (Å²) in [6.45, 7) is 11.8. The van der Waals surface area contributed by atoms with E-state index >= 15 is 0 Å². The molecular formula is C35H39Cl6NO6. The number of benzene rings is 3. The molecule has 0 radical (unpaired) electrons. The van der Waals surface area contributed by atoms with E-state index in [2.05, 4.69) is 23.2 Å². The van der Waals surface area contributed by atoms with Crippen molar-refractivity contribution in [1.29, 1.82) is 0 Å². The molecule has 0 aliphatic heterocycles. The van der Waals surface area contributed by atoms with Crippen LogP contribution in [0.4, 0.5) is 0 Å². The highest BCUT2D eigenvalue weighted by atomic mass is 35.5. The molecule has 3 aromatic carbocycles. The number of carbonyl (C=O) groups is 5. The third kappa shape index (κ3) is 18.8. The van der Waals surface area contributed by atoms with E-state index in [-0.39, 0.29) is 33.8 Å². The fraction of sp³-hybridized carbons (Fsp3) is 0.343. The molecule has 0 atom stereocenters. The first-order valence-corrected chi connectivity index (χ1v) is 16.5. The third-order valence-corrected chi connectivity index (χ3v) is 8.15. The van der Waals surface area contributed by atoms with Gasteiger partial charge in [-0.15, -0.1) is 0 Å². The number of amides is 1. The van der Waals surface area contributed by atoms with Crippen LogP contribution in [0.1, 0.15) is 77.5 Å². The molecule has 7 nitrogen and oxygen atoms in total. The molecule has 0 aliphatic carbocycles. The van der Waals surface area contributed by atoms with Crippen molar-refractivity contribution in [2.45, 2.75) is 77.0 Å². The quantitative estimate of drug-likeness (QED) is 0.156. The number of carboxylic acids is 1. The normalized spacial score (nSPS) is 10.9. The highest BCUT2D eigenvalue weighted by Gasteiger charge is 2.25. The zero-order chi connectivity index (χ0) is 37.5. The number of rotatable bonds is 10. The smallest absolute Gasteiger partial charge is 0.304 e. The summed E-state index contributed by atoms with van der Waals surface area (Å²) in [5, 5.41) is 8.20. The van der Waals surface area contributed by atoms with E-state index in [1.807, 2.05) is 102 Å². The fourth-order valence-electron chi connectivity index (χ4n) is 4.17. The Hall–Kier alpha value is -2.65. The van der Waals surface area contributed by atoms with E-state index in [1.54, 1.807) is 12.1 Å². The second kappa shape index (κ2) is 20.8. The van der Waals surface area contributed by atoms with Gasteiger partial charge in [-0.25, -0.2) is 0 Å². The summed E-state index contributed by atoms with van der Waals surface area (Å²) in [5.74, 6) is -1.07. The van der Waals surface area contributed by atoms with Gasteiger partial charge in [0.25, 0.3) is 0 Å². The maximum Gasteiger partial charge on any atom is 0.304 e. The Morgan fingerprint density at radius 2 is 0.771 bits per heavy atom. The Morgan fingerprint density at radius 1 is 0.521 bits per heavy atom. The van der Waals surface area contributed by atoms with Gasteiger partial charge in [0, 0.05) is 33.3 Å². The summed E-state index contributed by atoms with van der Waals surface area (Å²) in [4.78, 5) is 51.2. The van der Waals surface area contributed by atoms with Crippen molar-refractivity contribution in [3.63, 3.8) is 0 Å². The summed E-state index contributed by atoms with van der Waals surface area (Å²) >= 11 is 31.7. The SMILES string of the molecule is CC(C)(CC(=O)Cl)c1ccc(Cl)cc1.CC(C)(CC(=O)O)c1ccc(Cl)cc1.CC(C)(CC(N)=O)c1ccc(Cl)cc1.O=C(Cl)C(=O)Cl. The van der Waals surface area contributed by atoms with E-state index in [9.17, 15) is 24.0 Å². The van der Waals surface area contributed by atoms with Crippen molar-refractivity contribution in [2.75, 3.05) is 0 Å². The number of nitrogens with two attached hydrogens (primary N) is 1. The molecule has 0 saturated heterocycles. The van der Waals surface area contributed by atoms with Crippen molar-refractivity contribution in [2.24, 2.45) is 5.73 Å². The van der Waals surface area contributed by atoms with Crippen molar-refractivity contribution in [3.8, 4) is 0 Å². The summed E-state index contributed by atoms with van der Waals surface area (Å²) in [6.07, 6.45) is 0.791. The molecule has 0 saturated carbocycles. The molecule has 3 rings (SSSR count). The Morgan fingerprint density at radius 3 is 0.979 bits per heavy atom. The van der Waals surface area contributed by atoms with Crippen molar-refractivity contribution in [3.05, 3.63) is 105 Å². The molecule has 3 N–H and O–H groups in total. The van der Waals surface area contributed by atoms with Crippen molar-refractivity contribution >= 4 is 97.2 Å². The van der Waals surface area contributed by atoms with E-state index in [4.69, 9.17) is 57.2 Å². The maximum atomic E-state index is 10.9. The first kappa shape index (κ1) is 45.3. The Kier molecular flexibility index (Phi) is 19.6. The number of primary amides is 1. The van der Waals surface area contributed by atoms with Crippen molar-refractivity contribution < 1.29 is 29.1 Å². The summed E-state index contributed by atoms with van der Waals surface area (Å²) in [7, 11) is 0. The largest absolute Gasteiger partial charge is 0.481 e. The molecule has 3 aromatic rings. The Labute approximate surface area is 312 Å². The molecule has 0 heterocycles. The van der Waals surface area contributed by atoms with Gasteiger partial charge in [0.2, 0.25) is 11.1 Å². The van der Waals surface area contributed by atoms with Crippen LogP contribution in [0.2, 0.25) is 15.1 Å². The van der Waals surface area contributed by atoms with Crippen molar-refractivity contribution in [1.82, 2.24) is 0 Å². The van der Waals surface area contributed by atoms with E-state index < -0.39 is 16.5 Å². The average Bonchev–Trinajstić information content (AvgIpc) is 2.93. The number of aliphatic carboxylic acids is 1. The van der Waals surface area contributed by atoms with E-state index in [1.165, 1.54) is 0 Å². The predicted octanol–water partition coefficient (Wildman–Crippen LogP) is 9.88. The van der Waals surface area contributed by atoms with Crippen LogP contribution in [0.25, 0.3) is 0 Å². The van der Waals surface area contributed by atoms with Gasteiger partial charge in [-0.3, -0.25) is 24.0 Å². The van der Waals surface area contributed by atoms with Crippen LogP contribution in [0.5, 0.6) is 0 Å². The highest BCUT2D eigenvalue weighted by Crippen LogP contribution is 2.30. The lowest BCUT2D eigenvalue weighted by Crippen LogP contribution is -2.26. The average molecular weight is 782 g/mol. The monoisotopic (exact) mass is 779 g/mol. The van der Waals surface area contributed by atoms with Gasteiger partial charge in [-0.2, -0.15) is 0 Å². The first-order valence-electron chi connectivity index (χ1n) is 14.3. The molecule has 0 bridgehead atoms.